The summed E-state index contributed by atoms with van der Waals surface area (Å²) in [5.74, 6) is 0.412. The molecule has 98 valence electrons. The number of aromatic nitrogens is 1. The first-order valence-electron chi connectivity index (χ1n) is 6.56. The minimum Gasteiger partial charge on any atom is -0.341 e. The molecular formula is C14H21N3O. The predicted octanol–water partition coefficient (Wildman–Crippen LogP) is 1.56. The van der Waals surface area contributed by atoms with Gasteiger partial charge in [-0.2, -0.15) is 0 Å². The third-order valence-electron chi connectivity index (χ3n) is 3.67. The Kier molecular flexibility index (Phi) is 4.31. The fourth-order valence-electron chi connectivity index (χ4n) is 2.52. The van der Waals surface area contributed by atoms with Crippen LogP contribution in [-0.2, 0) is 11.3 Å². The van der Waals surface area contributed by atoms with Gasteiger partial charge in [0, 0.05) is 37.9 Å². The molecule has 0 saturated heterocycles. The highest BCUT2D eigenvalue weighted by molar-refractivity contribution is 5.78. The molecule has 2 rings (SSSR count). The van der Waals surface area contributed by atoms with E-state index in [1.807, 2.05) is 24.1 Å². The highest BCUT2D eigenvalue weighted by atomic mass is 16.2. The van der Waals surface area contributed by atoms with Crippen molar-refractivity contribution in [1.82, 2.24) is 9.88 Å². The number of nitrogens with two attached hydrogens (primary N) is 1. The fourth-order valence-corrected chi connectivity index (χ4v) is 2.52. The molecule has 1 amide bonds. The summed E-state index contributed by atoms with van der Waals surface area (Å²) < 4.78 is 0. The van der Waals surface area contributed by atoms with Crippen molar-refractivity contribution in [2.45, 2.75) is 38.3 Å². The zero-order valence-corrected chi connectivity index (χ0v) is 10.9. The first-order chi connectivity index (χ1) is 8.66. The normalized spacial score (nSPS) is 23.7. The van der Waals surface area contributed by atoms with Crippen molar-refractivity contribution < 1.29 is 4.79 Å². The van der Waals surface area contributed by atoms with E-state index < -0.39 is 0 Å². The molecule has 0 bridgehead atoms. The molecular weight excluding hydrogens is 226 g/mol. The van der Waals surface area contributed by atoms with E-state index in [4.69, 9.17) is 5.73 Å². The van der Waals surface area contributed by atoms with Crippen LogP contribution in [0.3, 0.4) is 0 Å². The summed E-state index contributed by atoms with van der Waals surface area (Å²) in [6.07, 6.45) is 7.32. The molecule has 1 heterocycles. The predicted molar refractivity (Wildman–Crippen MR) is 70.6 cm³/mol. The topological polar surface area (TPSA) is 59.2 Å². The van der Waals surface area contributed by atoms with Crippen LogP contribution in [0.2, 0.25) is 0 Å². The van der Waals surface area contributed by atoms with Crippen molar-refractivity contribution in [2.75, 3.05) is 7.05 Å². The highest BCUT2D eigenvalue weighted by Crippen LogP contribution is 2.25. The van der Waals surface area contributed by atoms with Gasteiger partial charge in [0.05, 0.1) is 0 Å². The molecule has 1 aliphatic carbocycles. The number of amides is 1. The smallest absolute Gasteiger partial charge is 0.225 e. The van der Waals surface area contributed by atoms with Crippen LogP contribution in [0, 0.1) is 5.92 Å². The summed E-state index contributed by atoms with van der Waals surface area (Å²) in [5.41, 5.74) is 6.98. The van der Waals surface area contributed by atoms with Gasteiger partial charge in [0.15, 0.2) is 0 Å². The lowest BCUT2D eigenvalue weighted by atomic mass is 9.85. The van der Waals surface area contributed by atoms with Gasteiger partial charge in [0.1, 0.15) is 0 Å². The highest BCUT2D eigenvalue weighted by Gasteiger charge is 2.26. The van der Waals surface area contributed by atoms with Crippen molar-refractivity contribution in [3.05, 3.63) is 30.1 Å². The Labute approximate surface area is 108 Å². The van der Waals surface area contributed by atoms with Gasteiger partial charge in [-0.3, -0.25) is 9.78 Å². The molecule has 1 aliphatic rings. The number of nitrogens with zero attached hydrogens (tertiary/aromatic N) is 2. The zero-order valence-electron chi connectivity index (χ0n) is 10.9. The average molecular weight is 247 g/mol. The largest absolute Gasteiger partial charge is 0.341 e. The molecule has 0 spiro atoms. The number of rotatable bonds is 3. The Morgan fingerprint density at radius 2 is 1.94 bits per heavy atom. The van der Waals surface area contributed by atoms with Crippen molar-refractivity contribution in [3.8, 4) is 0 Å². The van der Waals surface area contributed by atoms with E-state index in [2.05, 4.69) is 4.98 Å². The van der Waals surface area contributed by atoms with Gasteiger partial charge in [-0.1, -0.05) is 0 Å². The van der Waals surface area contributed by atoms with Gasteiger partial charge in [0.2, 0.25) is 5.91 Å². The van der Waals surface area contributed by atoms with Crippen LogP contribution in [-0.4, -0.2) is 28.9 Å². The van der Waals surface area contributed by atoms with E-state index in [1.54, 1.807) is 12.4 Å². The maximum Gasteiger partial charge on any atom is 0.225 e. The molecule has 0 unspecified atom stereocenters. The summed E-state index contributed by atoms with van der Waals surface area (Å²) in [6, 6.07) is 4.18. The van der Waals surface area contributed by atoms with E-state index in [9.17, 15) is 4.79 Å². The first kappa shape index (κ1) is 13.0. The lowest BCUT2D eigenvalue weighted by molar-refractivity contribution is -0.135. The van der Waals surface area contributed by atoms with Crippen LogP contribution in [0.1, 0.15) is 31.2 Å². The molecule has 18 heavy (non-hydrogen) atoms. The van der Waals surface area contributed by atoms with E-state index in [0.29, 0.717) is 12.6 Å². The second-order valence-electron chi connectivity index (χ2n) is 5.16. The van der Waals surface area contributed by atoms with Crippen LogP contribution in [0.15, 0.2) is 24.5 Å². The van der Waals surface area contributed by atoms with E-state index >= 15 is 0 Å². The molecule has 0 atom stereocenters. The lowest BCUT2D eigenvalue weighted by Gasteiger charge is -2.29. The molecule has 2 N–H and O–H groups in total. The summed E-state index contributed by atoms with van der Waals surface area (Å²) >= 11 is 0. The summed E-state index contributed by atoms with van der Waals surface area (Å²) in [5, 5.41) is 0. The zero-order chi connectivity index (χ0) is 13.0. The summed E-state index contributed by atoms with van der Waals surface area (Å²) in [7, 11) is 1.87. The number of hydrogen-bond donors (Lipinski definition) is 1. The van der Waals surface area contributed by atoms with Gasteiger partial charge in [-0.25, -0.2) is 0 Å². The number of carbonyl (C=O) groups is 1. The molecule has 0 aromatic carbocycles. The van der Waals surface area contributed by atoms with Crippen LogP contribution in [0.5, 0.6) is 0 Å². The van der Waals surface area contributed by atoms with E-state index in [1.165, 1.54) is 0 Å². The third kappa shape index (κ3) is 3.29. The molecule has 1 saturated carbocycles. The summed E-state index contributed by atoms with van der Waals surface area (Å²) in [6.45, 7) is 0.657. The number of pyridine rings is 1. The molecule has 4 heteroatoms. The second kappa shape index (κ2) is 5.96. The van der Waals surface area contributed by atoms with Crippen molar-refractivity contribution in [2.24, 2.45) is 11.7 Å². The molecule has 0 aliphatic heterocycles. The Morgan fingerprint density at radius 3 is 2.56 bits per heavy atom. The van der Waals surface area contributed by atoms with Crippen molar-refractivity contribution in [1.29, 1.82) is 0 Å². The van der Waals surface area contributed by atoms with Crippen LogP contribution in [0.25, 0.3) is 0 Å². The average Bonchev–Trinajstić information content (AvgIpc) is 2.40. The maximum absolute atomic E-state index is 12.3. The van der Waals surface area contributed by atoms with E-state index in [-0.39, 0.29) is 11.8 Å². The maximum atomic E-state index is 12.3. The molecule has 1 aromatic rings. The van der Waals surface area contributed by atoms with E-state index in [0.717, 1.165) is 31.2 Å². The van der Waals surface area contributed by atoms with Crippen LogP contribution < -0.4 is 5.73 Å². The van der Waals surface area contributed by atoms with Gasteiger partial charge in [-0.15, -0.1) is 0 Å². The Hall–Kier alpha value is -1.42. The van der Waals surface area contributed by atoms with Gasteiger partial charge < -0.3 is 10.6 Å². The minimum absolute atomic E-state index is 0.164. The van der Waals surface area contributed by atoms with Gasteiger partial charge >= 0.3 is 0 Å². The van der Waals surface area contributed by atoms with Gasteiger partial charge in [-0.05, 0) is 43.4 Å². The summed E-state index contributed by atoms with van der Waals surface area (Å²) in [4.78, 5) is 18.1. The number of hydrogen-bond acceptors (Lipinski definition) is 3. The fraction of sp³-hybridized carbons (Fsp3) is 0.571. The molecule has 1 fully saturated rings. The minimum atomic E-state index is 0.164. The monoisotopic (exact) mass is 247 g/mol. The molecule has 0 radical (unpaired) electrons. The van der Waals surface area contributed by atoms with Crippen LogP contribution in [0.4, 0.5) is 0 Å². The third-order valence-corrected chi connectivity index (χ3v) is 3.67. The van der Waals surface area contributed by atoms with Crippen LogP contribution >= 0.6 is 0 Å². The second-order valence-corrected chi connectivity index (χ2v) is 5.16. The Morgan fingerprint density at radius 1 is 1.33 bits per heavy atom. The first-order valence-corrected chi connectivity index (χ1v) is 6.56. The quantitative estimate of drug-likeness (QED) is 0.881. The number of carbonyl (C=O) groups excluding carboxylic acids is 1. The lowest BCUT2D eigenvalue weighted by Crippen LogP contribution is -2.37. The van der Waals surface area contributed by atoms with Crippen molar-refractivity contribution >= 4 is 5.91 Å². The Balaban J connectivity index is 1.89. The molecule has 1 aromatic heterocycles. The van der Waals surface area contributed by atoms with Crippen molar-refractivity contribution in [3.63, 3.8) is 0 Å². The molecule has 4 nitrogen and oxygen atoms in total. The van der Waals surface area contributed by atoms with Gasteiger partial charge in [0.25, 0.3) is 0 Å². The SMILES string of the molecule is CN(Cc1ccncc1)C(=O)C1CCC(N)CC1. The Bertz CT molecular complexity index is 385. The standard InChI is InChI=1S/C14H21N3O/c1-17(10-11-6-8-16-9-7-11)14(18)12-2-4-13(15)5-3-12/h6-9,12-13H,2-5,10,15H2,1H3.